The van der Waals surface area contributed by atoms with Crippen molar-refractivity contribution >= 4 is 32.4 Å². The van der Waals surface area contributed by atoms with E-state index in [9.17, 15) is 13.2 Å². The zero-order valence-corrected chi connectivity index (χ0v) is 10.8. The minimum absolute atomic E-state index is 0.343. The van der Waals surface area contributed by atoms with Gasteiger partial charge in [-0.05, 0) is 12.8 Å². The third kappa shape index (κ3) is 2.79. The van der Waals surface area contributed by atoms with Crippen molar-refractivity contribution in [3.05, 3.63) is 5.51 Å². The molecule has 1 aromatic heterocycles. The van der Waals surface area contributed by atoms with Crippen LogP contribution in [0, 0.1) is 0 Å². The van der Waals surface area contributed by atoms with Gasteiger partial charge in [0.15, 0.2) is 0 Å². The molecule has 0 bridgehead atoms. The van der Waals surface area contributed by atoms with Crippen LogP contribution in [0.5, 0.6) is 0 Å². The van der Waals surface area contributed by atoms with E-state index in [1.807, 2.05) is 0 Å². The highest BCUT2D eigenvalue weighted by Crippen LogP contribution is 2.22. The molecular weight excluding hydrogens is 264 g/mol. The van der Waals surface area contributed by atoms with Gasteiger partial charge in [0.25, 0.3) is 0 Å². The molecule has 1 aliphatic heterocycles. The Labute approximate surface area is 103 Å². The van der Waals surface area contributed by atoms with Gasteiger partial charge >= 0.3 is 0 Å². The molecule has 1 unspecified atom stereocenters. The summed E-state index contributed by atoms with van der Waals surface area (Å²) in [5, 5.41) is 10.2. The number of carbonyl (C=O) groups excluding carboxylic acids is 1. The summed E-state index contributed by atoms with van der Waals surface area (Å²) in [6.07, 6.45) is 2.35. The second-order valence-corrected chi connectivity index (χ2v) is 6.53. The molecule has 1 aromatic rings. The van der Waals surface area contributed by atoms with Crippen molar-refractivity contribution in [3.8, 4) is 0 Å². The van der Waals surface area contributed by atoms with E-state index in [1.54, 1.807) is 0 Å². The highest BCUT2D eigenvalue weighted by molar-refractivity contribution is 7.88. The summed E-state index contributed by atoms with van der Waals surface area (Å²) in [6.45, 7) is 0.396. The maximum atomic E-state index is 11.9. The van der Waals surface area contributed by atoms with Crippen LogP contribution in [0.3, 0.4) is 0 Å². The Hall–Kier alpha value is -1.06. The van der Waals surface area contributed by atoms with Crippen molar-refractivity contribution in [2.75, 3.05) is 18.1 Å². The van der Waals surface area contributed by atoms with Crippen molar-refractivity contribution < 1.29 is 13.2 Å². The average Bonchev–Trinajstić information content (AvgIpc) is 2.85. The van der Waals surface area contributed by atoms with E-state index in [4.69, 9.17) is 0 Å². The molecule has 1 N–H and O–H groups in total. The van der Waals surface area contributed by atoms with Gasteiger partial charge in [-0.3, -0.25) is 10.1 Å². The predicted molar refractivity (Wildman–Crippen MR) is 63.1 cm³/mol. The number of hydrogen-bond donors (Lipinski definition) is 1. The fourth-order valence-electron chi connectivity index (χ4n) is 1.82. The first kappa shape index (κ1) is 12.4. The molecule has 0 aliphatic carbocycles. The topological polar surface area (TPSA) is 92.3 Å². The number of sulfonamides is 1. The molecular formula is C8H12N4O3S2. The second kappa shape index (κ2) is 4.67. The summed E-state index contributed by atoms with van der Waals surface area (Å²) in [5.41, 5.74) is 1.50. The van der Waals surface area contributed by atoms with Crippen molar-refractivity contribution in [2.24, 2.45) is 0 Å². The van der Waals surface area contributed by atoms with E-state index in [2.05, 4.69) is 15.5 Å². The molecule has 1 fully saturated rings. The first-order chi connectivity index (χ1) is 7.98. The van der Waals surface area contributed by atoms with Gasteiger partial charge in [0, 0.05) is 6.54 Å². The number of nitrogens with zero attached hydrogens (tertiary/aromatic N) is 3. The van der Waals surface area contributed by atoms with Gasteiger partial charge in [-0.2, -0.15) is 4.31 Å². The van der Waals surface area contributed by atoms with E-state index < -0.39 is 16.1 Å². The number of anilines is 1. The summed E-state index contributed by atoms with van der Waals surface area (Å²) >= 11 is 1.20. The third-order valence-electron chi connectivity index (χ3n) is 2.52. The van der Waals surface area contributed by atoms with Crippen LogP contribution in [0.2, 0.25) is 0 Å². The molecule has 1 amide bonds. The van der Waals surface area contributed by atoms with Crippen LogP contribution >= 0.6 is 11.3 Å². The van der Waals surface area contributed by atoms with Crippen LogP contribution in [-0.4, -0.2) is 47.7 Å². The molecule has 0 aromatic carbocycles. The molecule has 1 atom stereocenters. The van der Waals surface area contributed by atoms with Crippen LogP contribution in [0.4, 0.5) is 5.13 Å². The molecule has 9 heteroatoms. The maximum Gasteiger partial charge on any atom is 0.244 e. The van der Waals surface area contributed by atoms with Crippen LogP contribution in [0.1, 0.15) is 12.8 Å². The minimum Gasteiger partial charge on any atom is -0.299 e. The van der Waals surface area contributed by atoms with Crippen molar-refractivity contribution in [1.82, 2.24) is 14.5 Å². The molecule has 2 rings (SSSR count). The van der Waals surface area contributed by atoms with Gasteiger partial charge in [0.2, 0.25) is 21.1 Å². The number of amides is 1. The van der Waals surface area contributed by atoms with E-state index in [0.29, 0.717) is 24.5 Å². The van der Waals surface area contributed by atoms with E-state index in [0.717, 1.165) is 6.26 Å². The molecule has 0 saturated carbocycles. The van der Waals surface area contributed by atoms with Gasteiger partial charge in [0.05, 0.1) is 6.26 Å². The SMILES string of the molecule is CS(=O)(=O)N1CCCC1C(=O)Nc1nncs1. The molecule has 1 aliphatic rings. The number of carbonyl (C=O) groups is 1. The standard InChI is InChI=1S/C8H12N4O3S2/c1-17(14,15)12-4-2-3-6(12)7(13)10-8-11-9-5-16-8/h5-6H,2-4H2,1H3,(H,10,11,13). The zero-order chi connectivity index (χ0) is 12.5. The van der Waals surface area contributed by atoms with Crippen LogP contribution < -0.4 is 5.32 Å². The average molecular weight is 276 g/mol. The van der Waals surface area contributed by atoms with Gasteiger partial charge in [0.1, 0.15) is 11.6 Å². The Bertz CT molecular complexity index is 499. The molecule has 2 heterocycles. The van der Waals surface area contributed by atoms with Gasteiger partial charge < -0.3 is 0 Å². The minimum atomic E-state index is -3.34. The molecule has 1 saturated heterocycles. The summed E-state index contributed by atoms with van der Waals surface area (Å²) in [7, 11) is -3.34. The zero-order valence-electron chi connectivity index (χ0n) is 9.16. The van der Waals surface area contributed by atoms with Gasteiger partial charge in [-0.15, -0.1) is 10.2 Å². The fourth-order valence-corrected chi connectivity index (χ4v) is 3.39. The smallest absolute Gasteiger partial charge is 0.244 e. The quantitative estimate of drug-likeness (QED) is 0.832. The van der Waals surface area contributed by atoms with Crippen LogP contribution in [-0.2, 0) is 14.8 Å². The maximum absolute atomic E-state index is 11.9. The highest BCUT2D eigenvalue weighted by atomic mass is 32.2. The normalized spacial score (nSPS) is 21.6. The van der Waals surface area contributed by atoms with Crippen molar-refractivity contribution in [2.45, 2.75) is 18.9 Å². The first-order valence-corrected chi connectivity index (χ1v) is 7.75. The van der Waals surface area contributed by atoms with E-state index in [-0.39, 0.29) is 5.91 Å². The number of rotatable bonds is 3. The van der Waals surface area contributed by atoms with Gasteiger partial charge in [-0.1, -0.05) is 11.3 Å². The lowest BCUT2D eigenvalue weighted by molar-refractivity contribution is -0.119. The van der Waals surface area contributed by atoms with Crippen LogP contribution in [0.25, 0.3) is 0 Å². The lowest BCUT2D eigenvalue weighted by Crippen LogP contribution is -2.42. The Morgan fingerprint density at radius 2 is 2.41 bits per heavy atom. The van der Waals surface area contributed by atoms with Crippen molar-refractivity contribution in [1.29, 1.82) is 0 Å². The summed E-state index contributed by atoms with van der Waals surface area (Å²) < 4.78 is 24.2. The molecule has 17 heavy (non-hydrogen) atoms. The van der Waals surface area contributed by atoms with Gasteiger partial charge in [-0.25, -0.2) is 8.42 Å². The lowest BCUT2D eigenvalue weighted by atomic mass is 10.2. The predicted octanol–water partition coefficient (Wildman–Crippen LogP) is -0.0994. The molecule has 7 nitrogen and oxygen atoms in total. The molecule has 0 radical (unpaired) electrons. The Kier molecular flexibility index (Phi) is 3.40. The second-order valence-electron chi connectivity index (χ2n) is 3.76. The fraction of sp³-hybridized carbons (Fsp3) is 0.625. The summed E-state index contributed by atoms with van der Waals surface area (Å²) in [5.74, 6) is -0.343. The number of nitrogens with one attached hydrogen (secondary N) is 1. The summed E-state index contributed by atoms with van der Waals surface area (Å²) in [4.78, 5) is 11.9. The molecule has 94 valence electrons. The highest BCUT2D eigenvalue weighted by Gasteiger charge is 2.36. The summed E-state index contributed by atoms with van der Waals surface area (Å²) in [6, 6.07) is -0.631. The molecule has 0 spiro atoms. The monoisotopic (exact) mass is 276 g/mol. The number of hydrogen-bond acceptors (Lipinski definition) is 6. The Morgan fingerprint density at radius 1 is 1.65 bits per heavy atom. The van der Waals surface area contributed by atoms with Crippen molar-refractivity contribution in [3.63, 3.8) is 0 Å². The lowest BCUT2D eigenvalue weighted by Gasteiger charge is -2.20. The Balaban J connectivity index is 2.09. The Morgan fingerprint density at radius 3 is 3.00 bits per heavy atom. The third-order valence-corrected chi connectivity index (χ3v) is 4.42. The van der Waals surface area contributed by atoms with Crippen LogP contribution in [0.15, 0.2) is 5.51 Å². The van der Waals surface area contributed by atoms with E-state index in [1.165, 1.54) is 21.2 Å². The number of aromatic nitrogens is 2. The van der Waals surface area contributed by atoms with E-state index >= 15 is 0 Å². The largest absolute Gasteiger partial charge is 0.299 e. The first-order valence-electron chi connectivity index (χ1n) is 5.02.